The molecule has 2 rings (SSSR count). The number of hydrogen-bond donors (Lipinski definition) is 2. The predicted molar refractivity (Wildman–Crippen MR) is 76.9 cm³/mol. The number of nitrogens with one attached hydrogen (secondary N) is 1. The summed E-state index contributed by atoms with van der Waals surface area (Å²) in [6.07, 6.45) is 0. The van der Waals surface area contributed by atoms with E-state index in [1.54, 1.807) is 6.92 Å². The Kier molecular flexibility index (Phi) is 4.06. The lowest BCUT2D eigenvalue weighted by molar-refractivity contribution is 0.102. The van der Waals surface area contributed by atoms with Crippen LogP contribution in [0.15, 0.2) is 47.4 Å². The molecule has 7 heteroatoms. The first kappa shape index (κ1) is 15.1. The molecule has 3 N–H and O–H groups in total. The van der Waals surface area contributed by atoms with E-state index < -0.39 is 21.7 Å². The van der Waals surface area contributed by atoms with Crippen LogP contribution in [-0.2, 0) is 10.0 Å². The Labute approximate surface area is 121 Å². The van der Waals surface area contributed by atoms with Crippen molar-refractivity contribution in [2.75, 3.05) is 5.32 Å². The van der Waals surface area contributed by atoms with Crippen LogP contribution < -0.4 is 10.5 Å². The minimum Gasteiger partial charge on any atom is -0.322 e. The highest BCUT2D eigenvalue weighted by Crippen LogP contribution is 2.16. The molecule has 0 atom stereocenters. The molecular weight excluding hydrogens is 295 g/mol. The summed E-state index contributed by atoms with van der Waals surface area (Å²) < 4.78 is 35.2. The summed E-state index contributed by atoms with van der Waals surface area (Å²) in [6, 6.07) is 9.29. The second-order valence-electron chi connectivity index (χ2n) is 4.48. The number of benzene rings is 2. The Morgan fingerprint density at radius 3 is 2.29 bits per heavy atom. The smallest absolute Gasteiger partial charge is 0.255 e. The first-order valence-corrected chi connectivity index (χ1v) is 7.52. The van der Waals surface area contributed by atoms with Crippen molar-refractivity contribution in [3.05, 3.63) is 59.4 Å². The van der Waals surface area contributed by atoms with Crippen LogP contribution in [0, 0.1) is 12.7 Å². The largest absolute Gasteiger partial charge is 0.322 e. The summed E-state index contributed by atoms with van der Waals surface area (Å²) >= 11 is 0. The molecule has 0 saturated heterocycles. The fourth-order valence-electron chi connectivity index (χ4n) is 1.81. The van der Waals surface area contributed by atoms with Gasteiger partial charge in [-0.1, -0.05) is 0 Å². The van der Waals surface area contributed by atoms with Gasteiger partial charge < -0.3 is 5.32 Å². The van der Waals surface area contributed by atoms with Gasteiger partial charge in [0.1, 0.15) is 5.82 Å². The Hall–Kier alpha value is -2.25. The quantitative estimate of drug-likeness (QED) is 0.909. The number of amides is 1. The average Bonchev–Trinajstić information content (AvgIpc) is 2.38. The van der Waals surface area contributed by atoms with Gasteiger partial charge >= 0.3 is 0 Å². The van der Waals surface area contributed by atoms with Gasteiger partial charge in [0.15, 0.2) is 0 Å². The maximum Gasteiger partial charge on any atom is 0.255 e. The molecule has 5 nitrogen and oxygen atoms in total. The van der Waals surface area contributed by atoms with Crippen LogP contribution in [0.2, 0.25) is 0 Å². The topological polar surface area (TPSA) is 89.3 Å². The predicted octanol–water partition coefficient (Wildman–Crippen LogP) is 2.03. The molecule has 0 radical (unpaired) electrons. The third-order valence-corrected chi connectivity index (χ3v) is 3.80. The molecule has 2 aromatic carbocycles. The van der Waals surface area contributed by atoms with Gasteiger partial charge in [0.25, 0.3) is 5.91 Å². The second-order valence-corrected chi connectivity index (χ2v) is 6.04. The van der Waals surface area contributed by atoms with E-state index in [0.29, 0.717) is 16.8 Å². The number of hydrogen-bond acceptors (Lipinski definition) is 3. The molecule has 110 valence electrons. The summed E-state index contributed by atoms with van der Waals surface area (Å²) in [6.45, 7) is 1.63. The van der Waals surface area contributed by atoms with Crippen molar-refractivity contribution in [2.24, 2.45) is 5.14 Å². The lowest BCUT2D eigenvalue weighted by Crippen LogP contribution is -2.14. The summed E-state index contributed by atoms with van der Waals surface area (Å²) in [5.74, 6) is -0.822. The van der Waals surface area contributed by atoms with E-state index in [1.165, 1.54) is 42.5 Å². The summed E-state index contributed by atoms with van der Waals surface area (Å²) in [5.41, 5.74) is 1.26. The number of aryl methyl sites for hydroxylation is 1. The second kappa shape index (κ2) is 5.63. The number of halogens is 1. The van der Waals surface area contributed by atoms with Crippen molar-refractivity contribution in [1.29, 1.82) is 0 Å². The summed E-state index contributed by atoms with van der Waals surface area (Å²) in [4.78, 5) is 12.0. The van der Waals surface area contributed by atoms with E-state index in [4.69, 9.17) is 5.14 Å². The van der Waals surface area contributed by atoms with Gasteiger partial charge in [0.2, 0.25) is 10.0 Å². The molecule has 0 spiro atoms. The van der Waals surface area contributed by atoms with E-state index >= 15 is 0 Å². The molecule has 0 aromatic heterocycles. The fourth-order valence-corrected chi connectivity index (χ4v) is 2.32. The SMILES string of the molecule is Cc1cc(F)ccc1C(=O)Nc1ccc(S(N)(=O)=O)cc1. The lowest BCUT2D eigenvalue weighted by atomic mass is 10.1. The van der Waals surface area contributed by atoms with Crippen molar-refractivity contribution < 1.29 is 17.6 Å². The number of anilines is 1. The number of nitrogens with two attached hydrogens (primary N) is 1. The highest BCUT2D eigenvalue weighted by Gasteiger charge is 2.11. The average molecular weight is 308 g/mol. The maximum absolute atomic E-state index is 13.0. The Morgan fingerprint density at radius 1 is 1.14 bits per heavy atom. The monoisotopic (exact) mass is 308 g/mol. The van der Waals surface area contributed by atoms with Gasteiger partial charge in [-0.05, 0) is 55.0 Å². The number of carbonyl (C=O) groups is 1. The first-order valence-electron chi connectivity index (χ1n) is 5.98. The zero-order chi connectivity index (χ0) is 15.6. The standard InChI is InChI=1S/C14H13FN2O3S/c1-9-8-10(15)2-7-13(9)14(18)17-11-3-5-12(6-4-11)21(16,19)20/h2-8H,1H3,(H,17,18)(H2,16,19,20). The highest BCUT2D eigenvalue weighted by molar-refractivity contribution is 7.89. The third kappa shape index (κ3) is 3.65. The molecule has 0 aliphatic heterocycles. The van der Waals surface area contributed by atoms with Gasteiger partial charge in [-0.3, -0.25) is 4.79 Å². The zero-order valence-electron chi connectivity index (χ0n) is 11.1. The molecule has 0 unspecified atom stereocenters. The first-order chi connectivity index (χ1) is 9.77. The van der Waals surface area contributed by atoms with Crippen LogP contribution in [0.25, 0.3) is 0 Å². The number of sulfonamides is 1. The van der Waals surface area contributed by atoms with E-state index in [9.17, 15) is 17.6 Å². The highest BCUT2D eigenvalue weighted by atomic mass is 32.2. The van der Waals surface area contributed by atoms with Gasteiger partial charge in [0, 0.05) is 11.3 Å². The van der Waals surface area contributed by atoms with Crippen LogP contribution in [0.1, 0.15) is 15.9 Å². The lowest BCUT2D eigenvalue weighted by Gasteiger charge is -2.08. The number of rotatable bonds is 3. The number of primary sulfonamides is 1. The maximum atomic E-state index is 13.0. The Balaban J connectivity index is 2.20. The van der Waals surface area contributed by atoms with Gasteiger partial charge in [-0.25, -0.2) is 17.9 Å². The van der Waals surface area contributed by atoms with Crippen LogP contribution in [-0.4, -0.2) is 14.3 Å². The molecule has 1 amide bonds. The molecular formula is C14H13FN2O3S. The van der Waals surface area contributed by atoms with E-state index in [0.717, 1.165) is 0 Å². The third-order valence-electron chi connectivity index (χ3n) is 2.87. The molecule has 0 fully saturated rings. The van der Waals surface area contributed by atoms with Crippen LogP contribution >= 0.6 is 0 Å². The van der Waals surface area contributed by atoms with Crippen molar-refractivity contribution in [3.63, 3.8) is 0 Å². The van der Waals surface area contributed by atoms with Crippen molar-refractivity contribution >= 4 is 21.6 Å². The number of carbonyl (C=O) groups excluding carboxylic acids is 1. The van der Waals surface area contributed by atoms with Crippen molar-refractivity contribution in [1.82, 2.24) is 0 Å². The summed E-state index contributed by atoms with van der Waals surface area (Å²) in [5, 5.41) is 7.58. The molecule has 0 saturated carbocycles. The van der Waals surface area contributed by atoms with Crippen LogP contribution in [0.5, 0.6) is 0 Å². The van der Waals surface area contributed by atoms with Crippen LogP contribution in [0.4, 0.5) is 10.1 Å². The zero-order valence-corrected chi connectivity index (χ0v) is 11.9. The summed E-state index contributed by atoms with van der Waals surface area (Å²) in [7, 11) is -3.77. The minimum absolute atomic E-state index is 0.0431. The van der Waals surface area contributed by atoms with Gasteiger partial charge in [-0.15, -0.1) is 0 Å². The molecule has 21 heavy (non-hydrogen) atoms. The fraction of sp³-hybridized carbons (Fsp3) is 0.0714. The molecule has 0 aliphatic carbocycles. The minimum atomic E-state index is -3.77. The normalized spacial score (nSPS) is 11.2. The molecule has 2 aromatic rings. The van der Waals surface area contributed by atoms with Gasteiger partial charge in [0.05, 0.1) is 4.90 Å². The van der Waals surface area contributed by atoms with E-state index in [-0.39, 0.29) is 4.90 Å². The van der Waals surface area contributed by atoms with Crippen molar-refractivity contribution in [3.8, 4) is 0 Å². The van der Waals surface area contributed by atoms with Crippen LogP contribution in [0.3, 0.4) is 0 Å². The molecule has 0 bridgehead atoms. The van der Waals surface area contributed by atoms with E-state index in [2.05, 4.69) is 5.32 Å². The molecule has 0 aliphatic rings. The Morgan fingerprint density at radius 2 is 1.76 bits per heavy atom. The Bertz CT molecular complexity index is 786. The van der Waals surface area contributed by atoms with E-state index in [1.807, 2.05) is 0 Å². The van der Waals surface area contributed by atoms with Gasteiger partial charge in [-0.2, -0.15) is 0 Å². The molecule has 0 heterocycles. The van der Waals surface area contributed by atoms with Crippen molar-refractivity contribution in [2.45, 2.75) is 11.8 Å².